The molecule has 0 aliphatic heterocycles. The maximum Gasteiger partial charge on any atom is 0.256 e. The van der Waals surface area contributed by atoms with Crippen LogP contribution in [0, 0.1) is 16.7 Å². The number of thioether (sulfide) groups is 1. The van der Waals surface area contributed by atoms with E-state index in [1.807, 2.05) is 19.9 Å². The van der Waals surface area contributed by atoms with Gasteiger partial charge in [-0.25, -0.2) is 4.98 Å². The van der Waals surface area contributed by atoms with E-state index in [0.717, 1.165) is 17.7 Å². The monoisotopic (exact) mass is 261 g/mol. The van der Waals surface area contributed by atoms with Crippen molar-refractivity contribution in [3.63, 3.8) is 0 Å². The molecule has 0 aliphatic rings. The van der Waals surface area contributed by atoms with Crippen molar-refractivity contribution in [1.29, 1.82) is 5.26 Å². The number of oxazole rings is 1. The third-order valence-corrected chi connectivity index (χ3v) is 3.48. The molecule has 0 spiro atoms. The summed E-state index contributed by atoms with van der Waals surface area (Å²) in [4.78, 5) is 4.36. The van der Waals surface area contributed by atoms with Crippen LogP contribution in [-0.4, -0.2) is 10.7 Å². The predicted molar refractivity (Wildman–Crippen MR) is 73.2 cm³/mol. The number of fused-ring (bicyclic) bond motifs is 1. The lowest BCUT2D eigenvalue weighted by Gasteiger charge is -2.12. The van der Waals surface area contributed by atoms with Gasteiger partial charge in [0.1, 0.15) is 5.52 Å². The summed E-state index contributed by atoms with van der Waals surface area (Å²) in [5.74, 6) is 0.808. The van der Waals surface area contributed by atoms with Crippen molar-refractivity contribution in [3.8, 4) is 6.07 Å². The first kappa shape index (κ1) is 12.8. The summed E-state index contributed by atoms with van der Waals surface area (Å²) in [6.45, 7) is 3.86. The fourth-order valence-electron chi connectivity index (χ4n) is 1.43. The molecule has 0 radical (unpaired) electrons. The Kier molecular flexibility index (Phi) is 3.48. The van der Waals surface area contributed by atoms with E-state index in [0.29, 0.717) is 16.5 Å². The average molecular weight is 261 g/mol. The Labute approximate surface area is 110 Å². The van der Waals surface area contributed by atoms with Crippen LogP contribution in [0.5, 0.6) is 0 Å². The zero-order valence-corrected chi connectivity index (χ0v) is 11.3. The van der Waals surface area contributed by atoms with E-state index in [1.54, 1.807) is 12.1 Å². The number of rotatable bonds is 4. The van der Waals surface area contributed by atoms with Crippen LogP contribution in [-0.2, 0) is 0 Å². The largest absolute Gasteiger partial charge is 0.431 e. The van der Waals surface area contributed by atoms with E-state index < -0.39 is 0 Å². The molecule has 2 aromatic rings. The third-order valence-electron chi connectivity index (χ3n) is 2.65. The summed E-state index contributed by atoms with van der Waals surface area (Å²) in [5, 5.41) is 9.55. The number of nitrogens with two attached hydrogens (primary N) is 1. The summed E-state index contributed by atoms with van der Waals surface area (Å²) in [7, 11) is 0. The molecule has 5 heteroatoms. The molecule has 0 amide bonds. The fourth-order valence-corrected chi connectivity index (χ4v) is 2.53. The molecular formula is C13H15N3OS. The van der Waals surface area contributed by atoms with Gasteiger partial charge in [-0.3, -0.25) is 0 Å². The van der Waals surface area contributed by atoms with Crippen LogP contribution in [0.2, 0.25) is 0 Å². The van der Waals surface area contributed by atoms with Gasteiger partial charge >= 0.3 is 0 Å². The average Bonchev–Trinajstić information content (AvgIpc) is 2.70. The van der Waals surface area contributed by atoms with Gasteiger partial charge in [-0.15, -0.1) is 0 Å². The van der Waals surface area contributed by atoms with Crippen molar-refractivity contribution in [1.82, 2.24) is 4.98 Å². The molecule has 94 valence electrons. The fraction of sp³-hybridized carbons (Fsp3) is 0.385. The van der Waals surface area contributed by atoms with Gasteiger partial charge in [0.25, 0.3) is 5.22 Å². The summed E-state index contributed by atoms with van der Waals surface area (Å²) in [6.07, 6.45) is 0.801. The molecule has 0 saturated carbocycles. The topological polar surface area (TPSA) is 75.8 Å². The molecule has 0 bridgehead atoms. The molecular weight excluding hydrogens is 246 g/mol. The van der Waals surface area contributed by atoms with E-state index in [2.05, 4.69) is 11.1 Å². The van der Waals surface area contributed by atoms with Crippen molar-refractivity contribution < 1.29 is 4.42 Å². The number of nitriles is 1. The highest BCUT2D eigenvalue weighted by atomic mass is 32.2. The lowest BCUT2D eigenvalue weighted by molar-refractivity contribution is 0.473. The number of hydrogen-bond donors (Lipinski definition) is 1. The van der Waals surface area contributed by atoms with Crippen LogP contribution in [0.1, 0.15) is 20.3 Å². The van der Waals surface area contributed by atoms with Gasteiger partial charge in [-0.05, 0) is 32.4 Å². The molecule has 0 saturated heterocycles. The number of aromatic nitrogens is 1. The SMILES string of the molecule is CC(C)(C#N)CCSc1nc2ccc(N)cc2o1. The van der Waals surface area contributed by atoms with Gasteiger partial charge in [-0.1, -0.05) is 11.8 Å². The Morgan fingerprint density at radius 3 is 3.00 bits per heavy atom. The second-order valence-corrected chi connectivity index (χ2v) is 5.85. The van der Waals surface area contributed by atoms with Crippen LogP contribution in [0.3, 0.4) is 0 Å². The lowest BCUT2D eigenvalue weighted by atomic mass is 9.93. The van der Waals surface area contributed by atoms with Crippen molar-refractivity contribution in [2.24, 2.45) is 5.41 Å². The van der Waals surface area contributed by atoms with Gasteiger partial charge < -0.3 is 10.2 Å². The summed E-state index contributed by atoms with van der Waals surface area (Å²) >= 11 is 1.52. The van der Waals surface area contributed by atoms with Crippen molar-refractivity contribution in [2.75, 3.05) is 11.5 Å². The highest BCUT2D eigenvalue weighted by molar-refractivity contribution is 7.99. The minimum absolute atomic E-state index is 0.302. The second kappa shape index (κ2) is 4.91. The first-order chi connectivity index (χ1) is 8.50. The molecule has 2 N–H and O–H groups in total. The van der Waals surface area contributed by atoms with Gasteiger partial charge in [0, 0.05) is 17.5 Å². The minimum Gasteiger partial charge on any atom is -0.431 e. The lowest BCUT2D eigenvalue weighted by Crippen LogP contribution is -2.08. The molecule has 1 aromatic carbocycles. The number of hydrogen-bond acceptors (Lipinski definition) is 5. The standard InChI is InChI=1S/C13H15N3OS/c1-13(2,8-14)5-6-18-12-16-10-4-3-9(15)7-11(10)17-12/h3-4,7H,5-6,15H2,1-2H3. The highest BCUT2D eigenvalue weighted by Crippen LogP contribution is 2.28. The van der Waals surface area contributed by atoms with Crippen LogP contribution in [0.25, 0.3) is 11.1 Å². The molecule has 0 fully saturated rings. The quantitative estimate of drug-likeness (QED) is 0.674. The normalized spacial score (nSPS) is 11.6. The molecule has 2 rings (SSSR count). The predicted octanol–water partition coefficient (Wildman–Crippen LogP) is 3.44. The maximum atomic E-state index is 8.92. The molecule has 0 aliphatic carbocycles. The van der Waals surface area contributed by atoms with E-state index in [-0.39, 0.29) is 5.41 Å². The Hall–Kier alpha value is -1.67. The van der Waals surface area contributed by atoms with Crippen molar-refractivity contribution in [3.05, 3.63) is 18.2 Å². The Morgan fingerprint density at radius 2 is 2.28 bits per heavy atom. The van der Waals surface area contributed by atoms with E-state index in [1.165, 1.54) is 11.8 Å². The first-order valence-corrected chi connectivity index (χ1v) is 6.69. The Morgan fingerprint density at radius 1 is 1.50 bits per heavy atom. The first-order valence-electron chi connectivity index (χ1n) is 5.70. The molecule has 1 heterocycles. The number of nitrogens with zero attached hydrogens (tertiary/aromatic N) is 2. The maximum absolute atomic E-state index is 8.92. The summed E-state index contributed by atoms with van der Waals surface area (Å²) < 4.78 is 5.59. The zero-order valence-electron chi connectivity index (χ0n) is 10.4. The van der Waals surface area contributed by atoms with Crippen LogP contribution < -0.4 is 5.73 Å². The summed E-state index contributed by atoms with van der Waals surface area (Å²) in [5.41, 5.74) is 7.56. The number of anilines is 1. The van der Waals surface area contributed by atoms with Gasteiger partial charge in [0.2, 0.25) is 0 Å². The van der Waals surface area contributed by atoms with Crippen LogP contribution >= 0.6 is 11.8 Å². The van der Waals surface area contributed by atoms with Gasteiger partial charge in [-0.2, -0.15) is 5.26 Å². The van der Waals surface area contributed by atoms with Crippen molar-refractivity contribution >= 4 is 28.5 Å². The third kappa shape index (κ3) is 2.96. The number of nitrogen functional groups attached to an aromatic ring is 1. The van der Waals surface area contributed by atoms with Crippen molar-refractivity contribution in [2.45, 2.75) is 25.5 Å². The second-order valence-electron chi connectivity index (χ2n) is 4.80. The van der Waals surface area contributed by atoms with Gasteiger partial charge in [0.15, 0.2) is 5.58 Å². The number of benzene rings is 1. The molecule has 18 heavy (non-hydrogen) atoms. The molecule has 0 unspecified atom stereocenters. The zero-order chi connectivity index (χ0) is 13.2. The van der Waals surface area contributed by atoms with Crippen LogP contribution in [0.15, 0.2) is 27.8 Å². The van der Waals surface area contributed by atoms with Gasteiger partial charge in [0.05, 0.1) is 11.5 Å². The highest BCUT2D eigenvalue weighted by Gasteiger charge is 2.17. The molecule has 4 nitrogen and oxygen atoms in total. The Bertz CT molecular complexity index is 598. The smallest absolute Gasteiger partial charge is 0.256 e. The van der Waals surface area contributed by atoms with E-state index in [9.17, 15) is 0 Å². The minimum atomic E-state index is -0.302. The summed E-state index contributed by atoms with van der Waals surface area (Å²) in [6, 6.07) is 7.70. The molecule has 1 aromatic heterocycles. The Balaban J connectivity index is 2.03. The van der Waals surface area contributed by atoms with E-state index >= 15 is 0 Å². The van der Waals surface area contributed by atoms with E-state index in [4.69, 9.17) is 15.4 Å². The van der Waals surface area contributed by atoms with Crippen LogP contribution in [0.4, 0.5) is 5.69 Å². The molecule has 0 atom stereocenters.